The number of nitrogens with two attached hydrogens (primary N) is 1. The first-order chi connectivity index (χ1) is 9.01. The summed E-state index contributed by atoms with van der Waals surface area (Å²) in [7, 11) is 1.59. The molecule has 2 atom stereocenters. The Morgan fingerprint density at radius 1 is 1.32 bits per heavy atom. The molecule has 0 spiro atoms. The number of amides is 1. The molecule has 1 aromatic carbocycles. The zero-order chi connectivity index (χ0) is 14.0. The van der Waals surface area contributed by atoms with Crippen molar-refractivity contribution in [2.75, 3.05) is 25.9 Å². The van der Waals surface area contributed by atoms with Crippen LogP contribution in [0.2, 0.25) is 0 Å². The van der Waals surface area contributed by atoms with Gasteiger partial charge in [0.2, 0.25) is 0 Å². The van der Waals surface area contributed by atoms with Crippen LogP contribution in [-0.4, -0.2) is 31.0 Å². The van der Waals surface area contributed by atoms with Gasteiger partial charge in [-0.3, -0.25) is 4.79 Å². The Morgan fingerprint density at radius 2 is 1.95 bits per heavy atom. The van der Waals surface area contributed by atoms with Crippen LogP contribution in [0.3, 0.4) is 0 Å². The van der Waals surface area contributed by atoms with Crippen LogP contribution in [0.15, 0.2) is 18.2 Å². The largest absolute Gasteiger partial charge is 0.497 e. The Bertz CT molecular complexity index is 463. The van der Waals surface area contributed by atoms with Crippen molar-refractivity contribution in [1.29, 1.82) is 0 Å². The number of hydrogen-bond donors (Lipinski definition) is 1. The highest BCUT2D eigenvalue weighted by molar-refractivity contribution is 5.99. The maximum absolute atomic E-state index is 12.5. The Labute approximate surface area is 114 Å². The summed E-state index contributed by atoms with van der Waals surface area (Å²) in [5, 5.41) is 0. The van der Waals surface area contributed by atoms with E-state index in [0.29, 0.717) is 28.8 Å². The van der Waals surface area contributed by atoms with Crippen LogP contribution in [0.25, 0.3) is 0 Å². The van der Waals surface area contributed by atoms with Crippen LogP contribution >= 0.6 is 0 Å². The van der Waals surface area contributed by atoms with Crippen molar-refractivity contribution in [3.8, 4) is 5.75 Å². The molecule has 0 aliphatic carbocycles. The minimum Gasteiger partial charge on any atom is -0.497 e. The van der Waals surface area contributed by atoms with Gasteiger partial charge in [-0.05, 0) is 30.4 Å². The number of likely N-dealkylation sites (tertiary alicyclic amines) is 1. The first-order valence-electron chi connectivity index (χ1n) is 6.74. The number of ether oxygens (including phenoxy) is 1. The van der Waals surface area contributed by atoms with Crippen LogP contribution in [0, 0.1) is 11.8 Å². The molecule has 0 bridgehead atoms. The number of benzene rings is 1. The Kier molecular flexibility index (Phi) is 3.98. The van der Waals surface area contributed by atoms with E-state index in [1.165, 1.54) is 6.42 Å². The number of carbonyl (C=O) groups is 1. The fourth-order valence-electron chi connectivity index (χ4n) is 2.86. The van der Waals surface area contributed by atoms with Gasteiger partial charge in [0.25, 0.3) is 5.91 Å². The zero-order valence-corrected chi connectivity index (χ0v) is 11.8. The maximum Gasteiger partial charge on any atom is 0.255 e. The molecule has 1 fully saturated rings. The predicted octanol–water partition coefficient (Wildman–Crippen LogP) is 2.40. The summed E-state index contributed by atoms with van der Waals surface area (Å²) in [6, 6.07) is 5.23. The highest BCUT2D eigenvalue weighted by Crippen LogP contribution is 2.25. The average Bonchev–Trinajstić information content (AvgIpc) is 2.36. The molecule has 1 aromatic rings. The summed E-state index contributed by atoms with van der Waals surface area (Å²) < 4.78 is 5.10. The summed E-state index contributed by atoms with van der Waals surface area (Å²) in [5.41, 5.74) is 7.00. The van der Waals surface area contributed by atoms with Gasteiger partial charge in [0.15, 0.2) is 0 Å². The van der Waals surface area contributed by atoms with Crippen molar-refractivity contribution < 1.29 is 9.53 Å². The lowest BCUT2D eigenvalue weighted by Crippen LogP contribution is -2.42. The second kappa shape index (κ2) is 5.51. The molecule has 1 heterocycles. The lowest BCUT2D eigenvalue weighted by atomic mass is 9.91. The van der Waals surface area contributed by atoms with E-state index in [1.54, 1.807) is 25.3 Å². The molecule has 4 nitrogen and oxygen atoms in total. The summed E-state index contributed by atoms with van der Waals surface area (Å²) in [6.07, 6.45) is 1.18. The molecule has 2 rings (SSSR count). The molecule has 1 saturated heterocycles. The summed E-state index contributed by atoms with van der Waals surface area (Å²) in [4.78, 5) is 14.4. The van der Waals surface area contributed by atoms with Crippen molar-refractivity contribution in [2.45, 2.75) is 20.3 Å². The summed E-state index contributed by atoms with van der Waals surface area (Å²) >= 11 is 0. The van der Waals surface area contributed by atoms with Crippen molar-refractivity contribution in [1.82, 2.24) is 4.90 Å². The van der Waals surface area contributed by atoms with Gasteiger partial charge in [-0.25, -0.2) is 0 Å². The van der Waals surface area contributed by atoms with E-state index in [-0.39, 0.29) is 5.91 Å². The van der Waals surface area contributed by atoms with Gasteiger partial charge >= 0.3 is 0 Å². The second-order valence-electron chi connectivity index (χ2n) is 5.61. The molecule has 104 valence electrons. The minimum absolute atomic E-state index is 0.0264. The number of nitrogens with zero attached hydrogens (tertiary/aromatic N) is 1. The third-order valence-electron chi connectivity index (χ3n) is 3.65. The molecular weight excluding hydrogens is 240 g/mol. The zero-order valence-electron chi connectivity index (χ0n) is 11.8. The normalized spacial score (nSPS) is 23.2. The van der Waals surface area contributed by atoms with Gasteiger partial charge < -0.3 is 15.4 Å². The molecule has 4 heteroatoms. The van der Waals surface area contributed by atoms with Crippen molar-refractivity contribution in [2.24, 2.45) is 11.8 Å². The fourth-order valence-corrected chi connectivity index (χ4v) is 2.86. The number of methoxy groups -OCH3 is 1. The molecule has 0 aromatic heterocycles. The van der Waals surface area contributed by atoms with E-state index in [4.69, 9.17) is 10.5 Å². The van der Waals surface area contributed by atoms with Gasteiger partial charge in [-0.2, -0.15) is 0 Å². The van der Waals surface area contributed by atoms with E-state index in [2.05, 4.69) is 13.8 Å². The summed E-state index contributed by atoms with van der Waals surface area (Å²) in [5.74, 6) is 1.80. The van der Waals surface area contributed by atoms with E-state index >= 15 is 0 Å². The van der Waals surface area contributed by atoms with Gasteiger partial charge in [-0.1, -0.05) is 13.8 Å². The molecule has 19 heavy (non-hydrogen) atoms. The van der Waals surface area contributed by atoms with Crippen LogP contribution in [0.5, 0.6) is 5.75 Å². The third-order valence-corrected chi connectivity index (χ3v) is 3.65. The number of nitrogen functional groups attached to an aromatic ring is 1. The highest BCUT2D eigenvalue weighted by Gasteiger charge is 2.27. The van der Waals surface area contributed by atoms with Gasteiger partial charge in [-0.15, -0.1) is 0 Å². The Balaban J connectivity index is 2.19. The second-order valence-corrected chi connectivity index (χ2v) is 5.61. The predicted molar refractivity (Wildman–Crippen MR) is 76.3 cm³/mol. The topological polar surface area (TPSA) is 55.6 Å². The van der Waals surface area contributed by atoms with E-state index in [9.17, 15) is 4.79 Å². The van der Waals surface area contributed by atoms with Crippen LogP contribution in [-0.2, 0) is 0 Å². The number of piperidine rings is 1. The lowest BCUT2D eigenvalue weighted by molar-refractivity contribution is 0.0624. The third kappa shape index (κ3) is 3.00. The lowest BCUT2D eigenvalue weighted by Gasteiger charge is -2.35. The summed E-state index contributed by atoms with van der Waals surface area (Å²) in [6.45, 7) is 6.00. The average molecular weight is 262 g/mol. The SMILES string of the molecule is COc1ccc(C(=O)N2CC(C)CC(C)C2)c(N)c1. The number of carbonyl (C=O) groups excluding carboxylic acids is 1. The molecule has 0 saturated carbocycles. The molecule has 0 radical (unpaired) electrons. The van der Waals surface area contributed by atoms with Crippen molar-refractivity contribution in [3.05, 3.63) is 23.8 Å². The van der Waals surface area contributed by atoms with Crippen LogP contribution < -0.4 is 10.5 Å². The van der Waals surface area contributed by atoms with Crippen molar-refractivity contribution in [3.63, 3.8) is 0 Å². The van der Waals surface area contributed by atoms with Crippen LogP contribution in [0.1, 0.15) is 30.6 Å². The monoisotopic (exact) mass is 262 g/mol. The molecular formula is C15H22N2O2. The Hall–Kier alpha value is -1.71. The number of rotatable bonds is 2. The standard InChI is InChI=1S/C15H22N2O2/c1-10-6-11(2)9-17(8-10)15(18)13-5-4-12(19-3)7-14(13)16/h4-5,7,10-11H,6,8-9,16H2,1-3H3. The van der Waals surface area contributed by atoms with E-state index < -0.39 is 0 Å². The molecule has 2 N–H and O–H groups in total. The van der Waals surface area contributed by atoms with E-state index in [1.807, 2.05) is 4.90 Å². The maximum atomic E-state index is 12.5. The molecule has 1 aliphatic heterocycles. The number of anilines is 1. The molecule has 2 unspecified atom stereocenters. The first-order valence-corrected chi connectivity index (χ1v) is 6.74. The fraction of sp³-hybridized carbons (Fsp3) is 0.533. The first kappa shape index (κ1) is 13.7. The Morgan fingerprint density at radius 3 is 2.47 bits per heavy atom. The smallest absolute Gasteiger partial charge is 0.255 e. The van der Waals surface area contributed by atoms with Gasteiger partial charge in [0, 0.05) is 24.8 Å². The molecule has 1 aliphatic rings. The van der Waals surface area contributed by atoms with Gasteiger partial charge in [0.1, 0.15) is 5.75 Å². The quantitative estimate of drug-likeness (QED) is 0.833. The van der Waals surface area contributed by atoms with E-state index in [0.717, 1.165) is 13.1 Å². The number of hydrogen-bond acceptors (Lipinski definition) is 3. The highest BCUT2D eigenvalue weighted by atomic mass is 16.5. The molecule has 1 amide bonds. The van der Waals surface area contributed by atoms with Gasteiger partial charge in [0.05, 0.1) is 12.7 Å². The minimum atomic E-state index is 0.0264. The van der Waals surface area contributed by atoms with Crippen molar-refractivity contribution >= 4 is 11.6 Å². The van der Waals surface area contributed by atoms with Crippen LogP contribution in [0.4, 0.5) is 5.69 Å².